The molecule has 1 unspecified atom stereocenters. The van der Waals surface area contributed by atoms with Crippen molar-refractivity contribution in [3.05, 3.63) is 35.9 Å². The second kappa shape index (κ2) is 4.57. The van der Waals surface area contributed by atoms with E-state index in [-0.39, 0.29) is 0 Å². The molecule has 3 rings (SSSR count). The Kier molecular flexibility index (Phi) is 2.93. The molecule has 0 saturated carbocycles. The molecule has 2 heterocycles. The van der Waals surface area contributed by atoms with Gasteiger partial charge in [-0.05, 0) is 36.8 Å². The third kappa shape index (κ3) is 2.25. The van der Waals surface area contributed by atoms with Crippen molar-refractivity contribution < 1.29 is 0 Å². The van der Waals surface area contributed by atoms with Gasteiger partial charge in [-0.1, -0.05) is 18.2 Å². The summed E-state index contributed by atoms with van der Waals surface area (Å²) in [5.74, 6) is 3.52. The average Bonchev–Trinajstić information content (AvgIpc) is 2.83. The van der Waals surface area contributed by atoms with Gasteiger partial charge in [-0.3, -0.25) is 0 Å². The molecule has 1 aromatic carbocycles. The summed E-state index contributed by atoms with van der Waals surface area (Å²) in [7, 11) is 0. The Morgan fingerprint density at radius 1 is 1.35 bits per heavy atom. The van der Waals surface area contributed by atoms with Gasteiger partial charge in [-0.25, -0.2) is 4.98 Å². The van der Waals surface area contributed by atoms with Crippen LogP contribution in [-0.4, -0.2) is 22.5 Å². The van der Waals surface area contributed by atoms with Crippen LogP contribution in [0.5, 0.6) is 0 Å². The number of aryl methyl sites for hydroxylation is 1. The highest BCUT2D eigenvalue weighted by atomic mass is 32.2. The van der Waals surface area contributed by atoms with Gasteiger partial charge in [0, 0.05) is 17.2 Å². The summed E-state index contributed by atoms with van der Waals surface area (Å²) in [6, 6.07) is 11.1. The van der Waals surface area contributed by atoms with Crippen LogP contribution >= 0.6 is 11.8 Å². The maximum absolute atomic E-state index is 4.72. The predicted molar refractivity (Wildman–Crippen MR) is 75.8 cm³/mol. The molecule has 0 spiro atoms. The summed E-state index contributed by atoms with van der Waals surface area (Å²) in [6.07, 6.45) is 1.25. The number of pyridine rings is 1. The number of thioether (sulfide) groups is 1. The molecule has 17 heavy (non-hydrogen) atoms. The van der Waals surface area contributed by atoms with Gasteiger partial charge < -0.3 is 5.32 Å². The number of hydrogen-bond donors (Lipinski definition) is 1. The zero-order chi connectivity index (χ0) is 11.7. The van der Waals surface area contributed by atoms with E-state index in [1.807, 2.05) is 17.8 Å². The minimum absolute atomic E-state index is 0.590. The smallest absolute Gasteiger partial charge is 0.129 e. The molecular weight excluding hydrogens is 228 g/mol. The quantitative estimate of drug-likeness (QED) is 0.875. The number of hydrogen-bond acceptors (Lipinski definition) is 3. The summed E-state index contributed by atoms with van der Waals surface area (Å²) in [6.45, 7) is 2.13. The van der Waals surface area contributed by atoms with Crippen LogP contribution in [-0.2, 0) is 0 Å². The zero-order valence-corrected chi connectivity index (χ0v) is 10.8. The molecule has 1 aliphatic heterocycles. The van der Waals surface area contributed by atoms with Crippen LogP contribution in [0.15, 0.2) is 30.3 Å². The van der Waals surface area contributed by atoms with Gasteiger partial charge in [0.05, 0.1) is 5.52 Å². The molecule has 0 aliphatic carbocycles. The number of benzene rings is 1. The van der Waals surface area contributed by atoms with Crippen LogP contribution in [0.3, 0.4) is 0 Å². The molecule has 1 atom stereocenters. The van der Waals surface area contributed by atoms with Crippen molar-refractivity contribution in [1.82, 2.24) is 4.98 Å². The molecule has 1 N–H and O–H groups in total. The SMILES string of the molecule is Cc1cc2ccccc2nc1NC1CCSC1. The monoisotopic (exact) mass is 244 g/mol. The Morgan fingerprint density at radius 2 is 2.24 bits per heavy atom. The van der Waals surface area contributed by atoms with Gasteiger partial charge in [-0.2, -0.15) is 11.8 Å². The van der Waals surface area contributed by atoms with Crippen molar-refractivity contribution in [3.63, 3.8) is 0 Å². The number of nitrogens with one attached hydrogen (secondary N) is 1. The third-order valence-electron chi connectivity index (χ3n) is 3.19. The molecule has 2 nitrogen and oxygen atoms in total. The fourth-order valence-corrected chi connectivity index (χ4v) is 3.36. The number of anilines is 1. The van der Waals surface area contributed by atoms with Crippen molar-refractivity contribution in [1.29, 1.82) is 0 Å². The van der Waals surface area contributed by atoms with Gasteiger partial charge in [0.1, 0.15) is 5.82 Å². The van der Waals surface area contributed by atoms with Gasteiger partial charge in [0.2, 0.25) is 0 Å². The standard InChI is InChI=1S/C14H16N2S/c1-10-8-11-4-2-3-5-13(11)16-14(10)15-12-6-7-17-9-12/h2-5,8,12H,6-7,9H2,1H3,(H,15,16). The molecule has 0 bridgehead atoms. The van der Waals surface area contributed by atoms with E-state index >= 15 is 0 Å². The van der Waals surface area contributed by atoms with E-state index in [0.29, 0.717) is 6.04 Å². The first-order chi connectivity index (χ1) is 8.33. The van der Waals surface area contributed by atoms with Crippen LogP contribution in [0.4, 0.5) is 5.82 Å². The second-order valence-corrected chi connectivity index (χ2v) is 5.70. The summed E-state index contributed by atoms with van der Waals surface area (Å²) >= 11 is 2.02. The fraction of sp³-hybridized carbons (Fsp3) is 0.357. The van der Waals surface area contributed by atoms with E-state index in [2.05, 4.69) is 36.5 Å². The number of fused-ring (bicyclic) bond motifs is 1. The Balaban J connectivity index is 1.95. The highest BCUT2D eigenvalue weighted by Crippen LogP contribution is 2.24. The lowest BCUT2D eigenvalue weighted by Gasteiger charge is -2.14. The lowest BCUT2D eigenvalue weighted by atomic mass is 10.1. The largest absolute Gasteiger partial charge is 0.366 e. The van der Waals surface area contributed by atoms with E-state index in [0.717, 1.165) is 11.3 Å². The van der Waals surface area contributed by atoms with Gasteiger partial charge in [-0.15, -0.1) is 0 Å². The normalized spacial score (nSPS) is 19.7. The molecule has 1 fully saturated rings. The second-order valence-electron chi connectivity index (χ2n) is 4.55. The zero-order valence-electron chi connectivity index (χ0n) is 9.94. The van der Waals surface area contributed by atoms with Crippen molar-refractivity contribution in [3.8, 4) is 0 Å². The molecule has 0 radical (unpaired) electrons. The molecule has 0 amide bonds. The molecule has 2 aromatic rings. The van der Waals surface area contributed by atoms with Gasteiger partial charge in [0.15, 0.2) is 0 Å². The minimum Gasteiger partial charge on any atom is -0.366 e. The molecule has 88 valence electrons. The topological polar surface area (TPSA) is 24.9 Å². The van der Waals surface area contributed by atoms with Crippen LogP contribution in [0.25, 0.3) is 10.9 Å². The van der Waals surface area contributed by atoms with E-state index in [1.165, 1.54) is 28.9 Å². The number of rotatable bonds is 2. The van der Waals surface area contributed by atoms with Crippen LogP contribution in [0.2, 0.25) is 0 Å². The van der Waals surface area contributed by atoms with Crippen LogP contribution < -0.4 is 5.32 Å². The average molecular weight is 244 g/mol. The lowest BCUT2D eigenvalue weighted by molar-refractivity contribution is 0.806. The molecule has 1 aromatic heterocycles. The third-order valence-corrected chi connectivity index (χ3v) is 4.35. The highest BCUT2D eigenvalue weighted by molar-refractivity contribution is 7.99. The van der Waals surface area contributed by atoms with E-state index < -0.39 is 0 Å². The highest BCUT2D eigenvalue weighted by Gasteiger charge is 2.16. The van der Waals surface area contributed by atoms with Crippen molar-refractivity contribution in [2.45, 2.75) is 19.4 Å². The van der Waals surface area contributed by atoms with Crippen LogP contribution in [0.1, 0.15) is 12.0 Å². The van der Waals surface area contributed by atoms with Gasteiger partial charge in [0.25, 0.3) is 0 Å². The van der Waals surface area contributed by atoms with E-state index in [9.17, 15) is 0 Å². The summed E-state index contributed by atoms with van der Waals surface area (Å²) in [5, 5.41) is 4.79. The predicted octanol–water partition coefficient (Wildman–Crippen LogP) is 3.46. The Labute approximate surface area is 106 Å². The van der Waals surface area contributed by atoms with E-state index in [1.54, 1.807) is 0 Å². The lowest BCUT2D eigenvalue weighted by Crippen LogP contribution is -2.19. The van der Waals surface area contributed by atoms with Crippen molar-refractivity contribution in [2.75, 3.05) is 16.8 Å². The Bertz CT molecular complexity index is 533. The summed E-state index contributed by atoms with van der Waals surface area (Å²) < 4.78 is 0. The first-order valence-electron chi connectivity index (χ1n) is 6.03. The van der Waals surface area contributed by atoms with Gasteiger partial charge >= 0.3 is 0 Å². The number of nitrogens with zero attached hydrogens (tertiary/aromatic N) is 1. The molecule has 3 heteroatoms. The van der Waals surface area contributed by atoms with E-state index in [4.69, 9.17) is 4.98 Å². The summed E-state index contributed by atoms with van der Waals surface area (Å²) in [4.78, 5) is 4.72. The first-order valence-corrected chi connectivity index (χ1v) is 7.19. The maximum Gasteiger partial charge on any atom is 0.129 e. The Morgan fingerprint density at radius 3 is 3.06 bits per heavy atom. The fourth-order valence-electron chi connectivity index (χ4n) is 2.21. The van der Waals surface area contributed by atoms with Crippen LogP contribution in [0, 0.1) is 6.92 Å². The Hall–Kier alpha value is -1.22. The number of para-hydroxylation sites is 1. The molecule has 1 saturated heterocycles. The molecular formula is C14H16N2S. The first kappa shape index (κ1) is 10.9. The maximum atomic E-state index is 4.72. The number of aromatic nitrogens is 1. The minimum atomic E-state index is 0.590. The molecule has 1 aliphatic rings. The van der Waals surface area contributed by atoms with Crippen molar-refractivity contribution >= 4 is 28.5 Å². The van der Waals surface area contributed by atoms with Crippen molar-refractivity contribution in [2.24, 2.45) is 0 Å². The summed E-state index contributed by atoms with van der Waals surface area (Å²) in [5.41, 5.74) is 2.31.